The number of hydrogen-bond donors (Lipinski definition) is 2. The molecule has 4 rings (SSSR count). The van der Waals surface area contributed by atoms with Crippen LogP contribution in [0.3, 0.4) is 0 Å². The van der Waals surface area contributed by atoms with Gasteiger partial charge in [-0.15, -0.1) is 0 Å². The van der Waals surface area contributed by atoms with Gasteiger partial charge in [-0.2, -0.15) is 0 Å². The highest BCUT2D eigenvalue weighted by Gasteiger charge is 2.31. The number of amides is 2. The third kappa shape index (κ3) is 5.93. The van der Waals surface area contributed by atoms with Crippen molar-refractivity contribution in [1.29, 1.82) is 0 Å². The standard InChI is InChI=1S/C25H31N3O3/c29-24(27-17-19-10-14-31-15-11-19)16-23-25(30)26-12-13-28(23)18-20-6-8-22(9-7-20)21-4-2-1-3-5-21/h1-9,19,23H,10-18H2,(H,26,30)(H,27,29)/t23-/m0/s1. The minimum atomic E-state index is -0.433. The van der Waals surface area contributed by atoms with Crippen molar-refractivity contribution in [2.24, 2.45) is 5.92 Å². The van der Waals surface area contributed by atoms with Crippen LogP contribution in [0, 0.1) is 5.92 Å². The first-order chi connectivity index (χ1) is 15.2. The molecule has 1 atom stereocenters. The molecular weight excluding hydrogens is 390 g/mol. The van der Waals surface area contributed by atoms with E-state index < -0.39 is 6.04 Å². The van der Waals surface area contributed by atoms with Crippen molar-refractivity contribution >= 4 is 11.8 Å². The molecule has 2 saturated heterocycles. The van der Waals surface area contributed by atoms with Gasteiger partial charge in [-0.05, 0) is 35.4 Å². The average molecular weight is 422 g/mol. The van der Waals surface area contributed by atoms with Crippen LogP contribution in [-0.2, 0) is 20.9 Å². The summed E-state index contributed by atoms with van der Waals surface area (Å²) in [7, 11) is 0. The van der Waals surface area contributed by atoms with Crippen LogP contribution in [0.1, 0.15) is 24.8 Å². The van der Waals surface area contributed by atoms with E-state index in [1.54, 1.807) is 0 Å². The lowest BCUT2D eigenvalue weighted by Gasteiger charge is -2.35. The number of benzene rings is 2. The molecule has 2 N–H and O–H groups in total. The molecule has 6 nitrogen and oxygen atoms in total. The van der Waals surface area contributed by atoms with Crippen molar-refractivity contribution in [3.63, 3.8) is 0 Å². The Kier molecular flexibility index (Phi) is 7.33. The van der Waals surface area contributed by atoms with Gasteiger partial charge in [0.1, 0.15) is 0 Å². The Morgan fingerprint density at radius 1 is 1.03 bits per heavy atom. The molecule has 2 aliphatic heterocycles. The molecule has 0 unspecified atom stereocenters. The number of piperazine rings is 1. The molecule has 6 heteroatoms. The van der Waals surface area contributed by atoms with E-state index in [9.17, 15) is 9.59 Å². The van der Waals surface area contributed by atoms with Gasteiger partial charge in [-0.25, -0.2) is 0 Å². The van der Waals surface area contributed by atoms with Crippen molar-refractivity contribution in [2.45, 2.75) is 31.8 Å². The summed E-state index contributed by atoms with van der Waals surface area (Å²) >= 11 is 0. The van der Waals surface area contributed by atoms with Crippen molar-refractivity contribution in [2.75, 3.05) is 32.8 Å². The maximum atomic E-state index is 12.5. The normalized spacial score (nSPS) is 20.3. The first-order valence-corrected chi connectivity index (χ1v) is 11.2. The average Bonchev–Trinajstić information content (AvgIpc) is 2.82. The molecule has 0 radical (unpaired) electrons. The van der Waals surface area contributed by atoms with Gasteiger partial charge in [0.2, 0.25) is 11.8 Å². The third-order valence-corrected chi connectivity index (χ3v) is 6.20. The lowest BCUT2D eigenvalue weighted by atomic mass is 10.00. The minimum Gasteiger partial charge on any atom is -0.381 e. The van der Waals surface area contributed by atoms with E-state index in [2.05, 4.69) is 51.9 Å². The van der Waals surface area contributed by atoms with Crippen LogP contribution in [0.25, 0.3) is 11.1 Å². The smallest absolute Gasteiger partial charge is 0.237 e. The van der Waals surface area contributed by atoms with E-state index in [4.69, 9.17) is 4.74 Å². The molecule has 2 aromatic rings. The Balaban J connectivity index is 1.34. The molecule has 0 bridgehead atoms. The SMILES string of the molecule is O=C(C[C@H]1C(=O)NCCN1Cc1ccc(-c2ccccc2)cc1)NCC1CCOCC1. The van der Waals surface area contributed by atoms with Gasteiger partial charge in [0.25, 0.3) is 0 Å². The van der Waals surface area contributed by atoms with Crippen molar-refractivity contribution in [3.05, 3.63) is 60.2 Å². The highest BCUT2D eigenvalue weighted by Crippen LogP contribution is 2.21. The summed E-state index contributed by atoms with van der Waals surface area (Å²) < 4.78 is 5.37. The molecule has 0 aliphatic carbocycles. The zero-order chi connectivity index (χ0) is 21.5. The number of hydrogen-bond acceptors (Lipinski definition) is 4. The zero-order valence-corrected chi connectivity index (χ0v) is 17.9. The van der Waals surface area contributed by atoms with Crippen LogP contribution in [0.15, 0.2) is 54.6 Å². The van der Waals surface area contributed by atoms with Crippen LogP contribution >= 0.6 is 0 Å². The van der Waals surface area contributed by atoms with Gasteiger partial charge in [-0.3, -0.25) is 14.5 Å². The molecule has 2 heterocycles. The second-order valence-corrected chi connectivity index (χ2v) is 8.40. The maximum absolute atomic E-state index is 12.5. The van der Waals surface area contributed by atoms with Crippen LogP contribution in [0.2, 0.25) is 0 Å². The largest absolute Gasteiger partial charge is 0.381 e. The molecule has 0 aromatic heterocycles. The van der Waals surface area contributed by atoms with E-state index in [1.807, 2.05) is 18.2 Å². The van der Waals surface area contributed by atoms with Crippen molar-refractivity contribution in [3.8, 4) is 11.1 Å². The Labute approximate surface area is 184 Å². The molecule has 0 saturated carbocycles. The monoisotopic (exact) mass is 421 g/mol. The molecule has 2 aromatic carbocycles. The van der Waals surface area contributed by atoms with Gasteiger partial charge in [0.15, 0.2) is 0 Å². The number of carbonyl (C=O) groups is 2. The Bertz CT molecular complexity index is 863. The Morgan fingerprint density at radius 2 is 1.74 bits per heavy atom. The summed E-state index contributed by atoms with van der Waals surface area (Å²) in [6.45, 7) is 4.20. The Morgan fingerprint density at radius 3 is 2.48 bits per heavy atom. The fourth-order valence-electron chi connectivity index (χ4n) is 4.30. The highest BCUT2D eigenvalue weighted by molar-refractivity contribution is 5.88. The van der Waals surface area contributed by atoms with Crippen molar-refractivity contribution in [1.82, 2.24) is 15.5 Å². The predicted octanol–water partition coefficient (Wildman–Crippen LogP) is 2.59. The summed E-state index contributed by atoms with van der Waals surface area (Å²) in [4.78, 5) is 27.2. The van der Waals surface area contributed by atoms with Crippen LogP contribution in [0.5, 0.6) is 0 Å². The third-order valence-electron chi connectivity index (χ3n) is 6.20. The predicted molar refractivity (Wildman–Crippen MR) is 120 cm³/mol. The lowest BCUT2D eigenvalue weighted by Crippen LogP contribution is -2.56. The fraction of sp³-hybridized carbons (Fsp3) is 0.440. The van der Waals surface area contributed by atoms with Crippen LogP contribution < -0.4 is 10.6 Å². The number of rotatable bonds is 7. The maximum Gasteiger partial charge on any atom is 0.237 e. The van der Waals surface area contributed by atoms with Gasteiger partial charge in [0, 0.05) is 39.4 Å². The summed E-state index contributed by atoms with van der Waals surface area (Å²) in [6.07, 6.45) is 2.15. The highest BCUT2D eigenvalue weighted by atomic mass is 16.5. The second-order valence-electron chi connectivity index (χ2n) is 8.40. The first-order valence-electron chi connectivity index (χ1n) is 11.2. The molecule has 2 fully saturated rings. The Hall–Kier alpha value is -2.70. The topological polar surface area (TPSA) is 70.7 Å². The van der Waals surface area contributed by atoms with E-state index in [0.717, 1.165) is 38.2 Å². The van der Waals surface area contributed by atoms with Crippen molar-refractivity contribution < 1.29 is 14.3 Å². The van der Waals surface area contributed by atoms with Gasteiger partial charge < -0.3 is 15.4 Å². The summed E-state index contributed by atoms with van der Waals surface area (Å²) in [5.41, 5.74) is 3.50. The van der Waals surface area contributed by atoms with Gasteiger partial charge in [0.05, 0.1) is 12.5 Å². The summed E-state index contributed by atoms with van der Waals surface area (Å²) in [6, 6.07) is 18.3. The minimum absolute atomic E-state index is 0.0574. The van der Waals surface area contributed by atoms with Crippen LogP contribution in [-0.4, -0.2) is 55.6 Å². The molecule has 0 spiro atoms. The molecule has 2 aliphatic rings. The molecule has 164 valence electrons. The number of nitrogens with zero attached hydrogens (tertiary/aromatic N) is 1. The first kappa shape index (κ1) is 21.5. The fourth-order valence-corrected chi connectivity index (χ4v) is 4.30. The number of nitrogens with one attached hydrogen (secondary N) is 2. The number of ether oxygens (including phenoxy) is 1. The second kappa shape index (κ2) is 10.6. The zero-order valence-electron chi connectivity index (χ0n) is 17.9. The number of carbonyl (C=O) groups excluding carboxylic acids is 2. The van der Waals surface area contributed by atoms with E-state index >= 15 is 0 Å². The quantitative estimate of drug-likeness (QED) is 0.721. The van der Waals surface area contributed by atoms with E-state index in [0.29, 0.717) is 25.6 Å². The summed E-state index contributed by atoms with van der Waals surface area (Å²) in [5, 5.41) is 5.94. The van der Waals surface area contributed by atoms with Gasteiger partial charge in [-0.1, -0.05) is 54.6 Å². The summed E-state index contributed by atoms with van der Waals surface area (Å²) in [5.74, 6) is 0.350. The molecule has 31 heavy (non-hydrogen) atoms. The molecule has 2 amide bonds. The van der Waals surface area contributed by atoms with E-state index in [1.165, 1.54) is 11.1 Å². The molecular formula is C25H31N3O3. The van der Waals surface area contributed by atoms with Crippen LogP contribution in [0.4, 0.5) is 0 Å². The lowest BCUT2D eigenvalue weighted by molar-refractivity contribution is -0.134. The van der Waals surface area contributed by atoms with Gasteiger partial charge >= 0.3 is 0 Å². The van der Waals surface area contributed by atoms with E-state index in [-0.39, 0.29) is 18.2 Å².